The van der Waals surface area contributed by atoms with Crippen molar-refractivity contribution in [3.63, 3.8) is 0 Å². The third-order valence-corrected chi connectivity index (χ3v) is 4.50. The molecule has 132 valence electrons. The maximum atomic E-state index is 13.7. The van der Waals surface area contributed by atoms with E-state index in [1.165, 1.54) is 6.07 Å². The Balaban J connectivity index is 1.68. The molecule has 2 aromatic heterocycles. The van der Waals surface area contributed by atoms with Gasteiger partial charge < -0.3 is 10.0 Å². The van der Waals surface area contributed by atoms with Gasteiger partial charge in [0.1, 0.15) is 0 Å². The van der Waals surface area contributed by atoms with Crippen molar-refractivity contribution in [2.45, 2.75) is 19.4 Å². The van der Waals surface area contributed by atoms with E-state index in [9.17, 15) is 13.9 Å². The highest BCUT2D eigenvalue weighted by Crippen LogP contribution is 2.35. The number of halogens is 2. The van der Waals surface area contributed by atoms with Crippen LogP contribution in [0.4, 0.5) is 14.5 Å². The lowest BCUT2D eigenvalue weighted by Crippen LogP contribution is -2.34. The number of aromatic nitrogens is 4. The van der Waals surface area contributed by atoms with Crippen molar-refractivity contribution >= 4 is 5.69 Å². The molecule has 1 aliphatic rings. The Hall–Kier alpha value is -3.16. The zero-order valence-electron chi connectivity index (χ0n) is 13.9. The van der Waals surface area contributed by atoms with Crippen LogP contribution in [0.25, 0.3) is 11.6 Å². The van der Waals surface area contributed by atoms with Gasteiger partial charge in [-0.15, -0.1) is 0 Å². The monoisotopic (exact) mass is 355 g/mol. The van der Waals surface area contributed by atoms with Gasteiger partial charge in [-0.2, -0.15) is 4.39 Å². The lowest BCUT2D eigenvalue weighted by Gasteiger charge is -2.36. The summed E-state index contributed by atoms with van der Waals surface area (Å²) in [5, 5.41) is 9.58. The molecule has 0 spiro atoms. The molecule has 0 unspecified atom stereocenters. The van der Waals surface area contributed by atoms with E-state index in [1.807, 2.05) is 11.8 Å². The molecule has 1 N–H and O–H groups in total. The van der Waals surface area contributed by atoms with Gasteiger partial charge >= 0.3 is 0 Å². The van der Waals surface area contributed by atoms with Crippen LogP contribution < -0.4 is 4.90 Å². The number of benzene rings is 1. The van der Waals surface area contributed by atoms with Crippen LogP contribution in [0.2, 0.25) is 0 Å². The topological polar surface area (TPSA) is 75.0 Å². The highest BCUT2D eigenvalue weighted by Gasteiger charge is 2.27. The summed E-state index contributed by atoms with van der Waals surface area (Å²) in [5.41, 5.74) is 2.17. The molecule has 0 fully saturated rings. The molecule has 0 saturated carbocycles. The van der Waals surface area contributed by atoms with Crippen LogP contribution in [0.1, 0.15) is 24.2 Å². The average molecular weight is 355 g/mol. The van der Waals surface area contributed by atoms with Gasteiger partial charge in [-0.25, -0.2) is 24.3 Å². The van der Waals surface area contributed by atoms with E-state index in [0.717, 1.165) is 17.3 Å². The van der Waals surface area contributed by atoms with Crippen LogP contribution in [-0.2, 0) is 6.42 Å². The van der Waals surface area contributed by atoms with Crippen molar-refractivity contribution in [3.05, 3.63) is 59.7 Å². The first kappa shape index (κ1) is 16.3. The first-order valence-corrected chi connectivity index (χ1v) is 8.12. The number of aromatic hydroxyl groups is 1. The van der Waals surface area contributed by atoms with Gasteiger partial charge in [0.05, 0.1) is 11.7 Å². The summed E-state index contributed by atoms with van der Waals surface area (Å²) in [6.45, 7) is 2.48. The first-order chi connectivity index (χ1) is 12.5. The van der Waals surface area contributed by atoms with Crippen molar-refractivity contribution in [1.82, 2.24) is 19.9 Å². The fraction of sp³-hybridized carbons (Fsp3) is 0.222. The van der Waals surface area contributed by atoms with Gasteiger partial charge in [0.15, 0.2) is 29.0 Å². The van der Waals surface area contributed by atoms with Crippen LogP contribution in [0, 0.1) is 11.6 Å². The van der Waals surface area contributed by atoms with Crippen LogP contribution >= 0.6 is 0 Å². The van der Waals surface area contributed by atoms with E-state index < -0.39 is 17.4 Å². The molecule has 0 aliphatic carbocycles. The normalized spacial score (nSPS) is 16.4. The molecule has 0 saturated heterocycles. The molecule has 1 aromatic carbocycles. The molecule has 3 heterocycles. The van der Waals surface area contributed by atoms with Gasteiger partial charge in [0, 0.05) is 54.9 Å². The summed E-state index contributed by atoms with van der Waals surface area (Å²) >= 11 is 0. The van der Waals surface area contributed by atoms with Gasteiger partial charge in [-0.3, -0.25) is 0 Å². The van der Waals surface area contributed by atoms with Gasteiger partial charge in [-0.1, -0.05) is 0 Å². The van der Waals surface area contributed by atoms with Gasteiger partial charge in [-0.05, 0) is 13.0 Å². The number of phenolic OH excluding ortho intramolecular Hbond substituents is 1. The molecule has 1 aliphatic heterocycles. The van der Waals surface area contributed by atoms with Crippen LogP contribution in [0.15, 0.2) is 36.8 Å². The summed E-state index contributed by atoms with van der Waals surface area (Å²) in [6.07, 6.45) is 5.57. The standard InChI is InChI=1S/C18H15F2N5O/c1-10-12-9-23-18(17-21-4-2-5-22-17)24-14(12)3-6-25(10)11-7-13(19)16(20)15(26)8-11/h2,4-5,7-10,26H,3,6H2,1H3/t10-/m1/s1. The van der Waals surface area contributed by atoms with E-state index in [1.54, 1.807) is 24.7 Å². The number of nitrogens with zero attached hydrogens (tertiary/aromatic N) is 5. The minimum atomic E-state index is -1.24. The second-order valence-electron chi connectivity index (χ2n) is 6.05. The predicted octanol–water partition coefficient (Wildman–Crippen LogP) is 3.04. The van der Waals surface area contributed by atoms with Crippen molar-refractivity contribution in [1.29, 1.82) is 0 Å². The number of hydrogen-bond acceptors (Lipinski definition) is 6. The summed E-state index contributed by atoms with van der Waals surface area (Å²) in [7, 11) is 0. The summed E-state index contributed by atoms with van der Waals surface area (Å²) in [5.74, 6) is -2.11. The zero-order chi connectivity index (χ0) is 18.3. The minimum Gasteiger partial charge on any atom is -0.505 e. The van der Waals surface area contributed by atoms with Crippen LogP contribution in [-0.4, -0.2) is 31.6 Å². The number of rotatable bonds is 2. The fourth-order valence-corrected chi connectivity index (χ4v) is 3.17. The highest BCUT2D eigenvalue weighted by atomic mass is 19.2. The van der Waals surface area contributed by atoms with Crippen molar-refractivity contribution in [2.75, 3.05) is 11.4 Å². The fourth-order valence-electron chi connectivity index (χ4n) is 3.17. The number of hydrogen-bond donors (Lipinski definition) is 1. The van der Waals surface area contributed by atoms with Gasteiger partial charge in [0.25, 0.3) is 0 Å². The lowest BCUT2D eigenvalue weighted by atomic mass is 9.98. The smallest absolute Gasteiger partial charge is 0.200 e. The van der Waals surface area contributed by atoms with E-state index >= 15 is 0 Å². The minimum absolute atomic E-state index is 0.159. The van der Waals surface area contributed by atoms with E-state index in [4.69, 9.17) is 0 Å². The Morgan fingerprint density at radius 3 is 2.62 bits per heavy atom. The first-order valence-electron chi connectivity index (χ1n) is 8.12. The predicted molar refractivity (Wildman–Crippen MR) is 90.5 cm³/mol. The molecular formula is C18H15F2N5O. The van der Waals surface area contributed by atoms with E-state index in [0.29, 0.717) is 30.3 Å². The second-order valence-corrected chi connectivity index (χ2v) is 6.05. The number of anilines is 1. The van der Waals surface area contributed by atoms with Crippen LogP contribution in [0.3, 0.4) is 0 Å². The molecule has 6 nitrogen and oxygen atoms in total. The van der Waals surface area contributed by atoms with Crippen molar-refractivity contribution < 1.29 is 13.9 Å². The number of phenols is 1. The Labute approximate surface area is 148 Å². The maximum absolute atomic E-state index is 13.7. The number of fused-ring (bicyclic) bond motifs is 1. The Morgan fingerprint density at radius 1 is 1.12 bits per heavy atom. The Bertz CT molecular complexity index is 944. The molecule has 8 heteroatoms. The highest BCUT2D eigenvalue weighted by molar-refractivity contribution is 5.55. The molecule has 26 heavy (non-hydrogen) atoms. The zero-order valence-corrected chi connectivity index (χ0v) is 13.9. The molecule has 4 rings (SSSR count). The summed E-state index contributed by atoms with van der Waals surface area (Å²) in [4.78, 5) is 19.1. The maximum Gasteiger partial charge on any atom is 0.200 e. The van der Waals surface area contributed by atoms with E-state index in [2.05, 4.69) is 19.9 Å². The molecule has 1 atom stereocenters. The van der Waals surface area contributed by atoms with Crippen molar-refractivity contribution in [3.8, 4) is 17.4 Å². The molecule has 0 radical (unpaired) electrons. The molecule has 0 bridgehead atoms. The summed E-state index contributed by atoms with van der Waals surface area (Å²) in [6, 6.07) is 3.88. The summed E-state index contributed by atoms with van der Waals surface area (Å²) < 4.78 is 27.0. The van der Waals surface area contributed by atoms with Gasteiger partial charge in [0.2, 0.25) is 0 Å². The molecule has 3 aromatic rings. The average Bonchev–Trinajstić information content (AvgIpc) is 2.66. The Morgan fingerprint density at radius 2 is 1.88 bits per heavy atom. The largest absolute Gasteiger partial charge is 0.505 e. The molecular weight excluding hydrogens is 340 g/mol. The third kappa shape index (κ3) is 2.73. The van der Waals surface area contributed by atoms with Crippen LogP contribution in [0.5, 0.6) is 5.75 Å². The van der Waals surface area contributed by atoms with Crippen molar-refractivity contribution in [2.24, 2.45) is 0 Å². The second kappa shape index (κ2) is 6.29. The lowest BCUT2D eigenvalue weighted by molar-refractivity contribution is 0.406. The SMILES string of the molecule is C[C@@H]1c2cnc(-c3ncccn3)nc2CCN1c1cc(O)c(F)c(F)c1. The van der Waals surface area contributed by atoms with E-state index in [-0.39, 0.29) is 6.04 Å². The quantitative estimate of drug-likeness (QED) is 0.762. The third-order valence-electron chi connectivity index (χ3n) is 4.50. The molecule has 0 amide bonds. The Kier molecular flexibility index (Phi) is 3.95.